The predicted molar refractivity (Wildman–Crippen MR) is 89.2 cm³/mol. The van der Waals surface area contributed by atoms with Gasteiger partial charge in [0, 0.05) is 19.3 Å². The molecule has 5 heteroatoms. The summed E-state index contributed by atoms with van der Waals surface area (Å²) >= 11 is 0. The minimum atomic E-state index is -0.491. The van der Waals surface area contributed by atoms with E-state index in [1.165, 1.54) is 19.3 Å². The van der Waals surface area contributed by atoms with Gasteiger partial charge < -0.3 is 15.0 Å². The van der Waals surface area contributed by atoms with Gasteiger partial charge in [-0.15, -0.1) is 6.58 Å². The Labute approximate surface area is 132 Å². The van der Waals surface area contributed by atoms with Crippen LogP contribution in [0.2, 0.25) is 0 Å². The lowest BCUT2D eigenvalue weighted by molar-refractivity contribution is -0.126. The van der Waals surface area contributed by atoms with E-state index in [2.05, 4.69) is 21.8 Å². The zero-order chi connectivity index (χ0) is 15.8. The van der Waals surface area contributed by atoms with Crippen LogP contribution in [-0.2, 0) is 9.53 Å². The summed E-state index contributed by atoms with van der Waals surface area (Å²) in [6, 6.07) is 1.96. The number of carbonyl (C=O) groups is 1. The van der Waals surface area contributed by atoms with Gasteiger partial charge in [0.15, 0.2) is 0 Å². The number of nitrogens with zero attached hydrogens (tertiary/aromatic N) is 2. The number of anilines is 2. The average molecular weight is 303 g/mol. The van der Waals surface area contributed by atoms with E-state index in [1.54, 1.807) is 25.4 Å². The van der Waals surface area contributed by atoms with E-state index in [1.807, 2.05) is 6.07 Å². The molecule has 0 radical (unpaired) electrons. The Morgan fingerprint density at radius 2 is 2.27 bits per heavy atom. The highest BCUT2D eigenvalue weighted by Gasteiger charge is 2.18. The third-order valence-electron chi connectivity index (χ3n) is 3.81. The molecule has 1 N–H and O–H groups in total. The maximum atomic E-state index is 12.2. The Morgan fingerprint density at radius 1 is 1.50 bits per heavy atom. The van der Waals surface area contributed by atoms with Crippen LogP contribution in [-0.4, -0.2) is 36.7 Å². The Bertz CT molecular complexity index is 498. The van der Waals surface area contributed by atoms with E-state index in [4.69, 9.17) is 4.74 Å². The van der Waals surface area contributed by atoms with Crippen molar-refractivity contribution in [3.63, 3.8) is 0 Å². The monoisotopic (exact) mass is 303 g/mol. The molecule has 2 rings (SSSR count). The molecule has 1 aliphatic rings. The molecular weight excluding hydrogens is 278 g/mol. The van der Waals surface area contributed by atoms with Crippen molar-refractivity contribution >= 4 is 17.3 Å². The van der Waals surface area contributed by atoms with Crippen LogP contribution >= 0.6 is 0 Å². The second kappa shape index (κ2) is 8.54. The quantitative estimate of drug-likeness (QED) is 0.621. The standard InChI is InChI=1S/C17H25N3O2/c1-3-4-12-22-14(2)17(21)19-15-13-18-9-8-16(15)20-10-6-5-7-11-20/h3,8-9,13-14H,1,4-7,10-12H2,2H3,(H,19,21)/t14-/m0/s1. The number of rotatable bonds is 7. The molecule has 0 spiro atoms. The van der Waals surface area contributed by atoms with E-state index >= 15 is 0 Å². The van der Waals surface area contributed by atoms with E-state index in [-0.39, 0.29) is 5.91 Å². The van der Waals surface area contributed by atoms with Gasteiger partial charge in [0.2, 0.25) is 0 Å². The average Bonchev–Trinajstić information content (AvgIpc) is 2.56. The van der Waals surface area contributed by atoms with Crippen LogP contribution < -0.4 is 10.2 Å². The molecule has 0 saturated carbocycles. The number of nitrogens with one attached hydrogen (secondary N) is 1. The first kappa shape index (κ1) is 16.5. The summed E-state index contributed by atoms with van der Waals surface area (Å²) in [6.45, 7) is 7.95. The number of ether oxygens (including phenoxy) is 1. The minimum Gasteiger partial charge on any atom is -0.370 e. The highest BCUT2D eigenvalue weighted by Crippen LogP contribution is 2.27. The second-order valence-electron chi connectivity index (χ2n) is 5.52. The van der Waals surface area contributed by atoms with Gasteiger partial charge in [0.05, 0.1) is 24.2 Å². The number of hydrogen-bond donors (Lipinski definition) is 1. The van der Waals surface area contributed by atoms with Crippen molar-refractivity contribution in [2.75, 3.05) is 29.9 Å². The molecule has 1 aromatic rings. The topological polar surface area (TPSA) is 54.5 Å². The van der Waals surface area contributed by atoms with Gasteiger partial charge in [-0.3, -0.25) is 9.78 Å². The molecule has 5 nitrogen and oxygen atoms in total. The summed E-state index contributed by atoms with van der Waals surface area (Å²) in [5.74, 6) is -0.143. The number of hydrogen-bond acceptors (Lipinski definition) is 4. The van der Waals surface area contributed by atoms with Crippen LogP contribution in [0.1, 0.15) is 32.6 Å². The van der Waals surface area contributed by atoms with Crippen LogP contribution in [0.15, 0.2) is 31.1 Å². The number of pyridine rings is 1. The molecule has 22 heavy (non-hydrogen) atoms. The summed E-state index contributed by atoms with van der Waals surface area (Å²) in [7, 11) is 0. The van der Waals surface area contributed by atoms with Crippen molar-refractivity contribution in [1.29, 1.82) is 0 Å². The maximum Gasteiger partial charge on any atom is 0.253 e. The van der Waals surface area contributed by atoms with Gasteiger partial charge in [-0.1, -0.05) is 6.08 Å². The summed E-state index contributed by atoms with van der Waals surface area (Å²) in [5, 5.41) is 2.94. The maximum absolute atomic E-state index is 12.2. The van der Waals surface area contributed by atoms with Crippen molar-refractivity contribution in [3.05, 3.63) is 31.1 Å². The van der Waals surface area contributed by atoms with E-state index in [0.717, 1.165) is 30.9 Å². The molecule has 0 unspecified atom stereocenters. The van der Waals surface area contributed by atoms with Crippen molar-refractivity contribution in [1.82, 2.24) is 4.98 Å². The summed E-state index contributed by atoms with van der Waals surface area (Å²) in [6.07, 6.45) is 9.16. The first-order valence-corrected chi connectivity index (χ1v) is 7.94. The van der Waals surface area contributed by atoms with E-state index < -0.39 is 6.10 Å². The first-order valence-electron chi connectivity index (χ1n) is 7.94. The molecule has 1 aromatic heterocycles. The molecule has 1 fully saturated rings. The molecule has 2 heterocycles. The molecular formula is C17H25N3O2. The fraction of sp³-hybridized carbons (Fsp3) is 0.529. The van der Waals surface area contributed by atoms with Gasteiger partial charge in [-0.2, -0.15) is 0 Å². The van der Waals surface area contributed by atoms with Crippen LogP contribution in [0.4, 0.5) is 11.4 Å². The number of carbonyl (C=O) groups excluding carboxylic acids is 1. The summed E-state index contributed by atoms with van der Waals surface area (Å²) in [5.41, 5.74) is 1.80. The largest absolute Gasteiger partial charge is 0.370 e. The SMILES string of the molecule is C=CCCO[C@@H](C)C(=O)Nc1cnccc1N1CCCCC1. The molecule has 0 aliphatic carbocycles. The Hall–Kier alpha value is -1.88. The van der Waals surface area contributed by atoms with Crippen molar-refractivity contribution in [3.8, 4) is 0 Å². The fourth-order valence-electron chi connectivity index (χ4n) is 2.53. The first-order chi connectivity index (χ1) is 10.7. The fourth-order valence-corrected chi connectivity index (χ4v) is 2.53. The second-order valence-corrected chi connectivity index (χ2v) is 5.52. The van der Waals surface area contributed by atoms with Crippen molar-refractivity contribution < 1.29 is 9.53 Å². The van der Waals surface area contributed by atoms with Gasteiger partial charge in [0.25, 0.3) is 5.91 Å². The minimum absolute atomic E-state index is 0.143. The number of amides is 1. The lowest BCUT2D eigenvalue weighted by Crippen LogP contribution is -2.32. The van der Waals surface area contributed by atoms with E-state index in [9.17, 15) is 4.79 Å². The van der Waals surface area contributed by atoms with Crippen LogP contribution in [0, 0.1) is 0 Å². The zero-order valence-electron chi connectivity index (χ0n) is 13.3. The zero-order valence-corrected chi connectivity index (χ0v) is 13.3. The van der Waals surface area contributed by atoms with Crippen molar-refractivity contribution in [2.24, 2.45) is 0 Å². The third kappa shape index (κ3) is 4.56. The Balaban J connectivity index is 1.99. The highest BCUT2D eigenvalue weighted by atomic mass is 16.5. The Kier molecular flexibility index (Phi) is 6.40. The van der Waals surface area contributed by atoms with Gasteiger partial charge >= 0.3 is 0 Å². The predicted octanol–water partition coefficient (Wildman–Crippen LogP) is 2.99. The van der Waals surface area contributed by atoms with Gasteiger partial charge in [0.1, 0.15) is 6.10 Å². The normalized spacial score (nSPS) is 16.1. The van der Waals surface area contributed by atoms with Crippen LogP contribution in [0.3, 0.4) is 0 Å². The molecule has 120 valence electrons. The van der Waals surface area contributed by atoms with E-state index in [0.29, 0.717) is 6.61 Å². The highest BCUT2D eigenvalue weighted by molar-refractivity contribution is 5.96. The smallest absolute Gasteiger partial charge is 0.253 e. The third-order valence-corrected chi connectivity index (χ3v) is 3.81. The molecule has 1 saturated heterocycles. The molecule has 0 bridgehead atoms. The molecule has 1 aliphatic heterocycles. The van der Waals surface area contributed by atoms with Gasteiger partial charge in [-0.05, 0) is 38.7 Å². The van der Waals surface area contributed by atoms with Crippen molar-refractivity contribution in [2.45, 2.75) is 38.7 Å². The van der Waals surface area contributed by atoms with Crippen LogP contribution in [0.5, 0.6) is 0 Å². The molecule has 1 atom stereocenters. The summed E-state index contributed by atoms with van der Waals surface area (Å²) < 4.78 is 5.48. The Morgan fingerprint density at radius 3 is 3.00 bits per heavy atom. The van der Waals surface area contributed by atoms with Gasteiger partial charge in [-0.25, -0.2) is 0 Å². The lowest BCUT2D eigenvalue weighted by Gasteiger charge is -2.30. The molecule has 1 amide bonds. The number of aromatic nitrogens is 1. The number of piperidine rings is 1. The summed E-state index contributed by atoms with van der Waals surface area (Å²) in [4.78, 5) is 18.7. The lowest BCUT2D eigenvalue weighted by atomic mass is 10.1. The molecule has 0 aromatic carbocycles. The van der Waals surface area contributed by atoms with Crippen LogP contribution in [0.25, 0.3) is 0 Å².